The van der Waals surface area contributed by atoms with Gasteiger partial charge in [-0.15, -0.1) is 34.2 Å². The summed E-state index contributed by atoms with van der Waals surface area (Å²) in [7, 11) is 0. The van der Waals surface area contributed by atoms with Crippen LogP contribution in [0.25, 0.3) is 27.6 Å². The van der Waals surface area contributed by atoms with E-state index in [0.29, 0.717) is 11.5 Å². The Hall–Kier alpha value is -4.99. The SMILES string of the molecule is Cc1cc2c3cc(C(C)(C)C)cc4c3n(c2[c-]c1Oc1[c-]c(C2=N[C@H](c3ccccc3)[C@@H]3c5ccccc5CN23)cc(C(C)(C)C)c1)-c1nccc(C)c1C4(C)C.[Pt+2]. The van der Waals surface area contributed by atoms with Gasteiger partial charge in [-0.05, 0) is 62.6 Å². The second-order valence-corrected chi connectivity index (χ2v) is 19.1. The van der Waals surface area contributed by atoms with Crippen LogP contribution in [0.15, 0.2) is 102 Å². The van der Waals surface area contributed by atoms with Crippen molar-refractivity contribution in [2.75, 3.05) is 0 Å². The summed E-state index contributed by atoms with van der Waals surface area (Å²) in [5, 5.41) is 2.39. The third-order valence-corrected chi connectivity index (χ3v) is 12.8. The number of hydrogen-bond acceptors (Lipinski definition) is 4. The van der Waals surface area contributed by atoms with E-state index in [1.807, 2.05) is 6.20 Å². The van der Waals surface area contributed by atoms with E-state index in [0.717, 1.165) is 40.2 Å². The fourth-order valence-electron chi connectivity index (χ4n) is 9.68. The molecule has 2 aromatic heterocycles. The normalized spacial score (nSPS) is 17.8. The van der Waals surface area contributed by atoms with Crippen molar-refractivity contribution < 1.29 is 25.8 Å². The van der Waals surface area contributed by atoms with Crippen LogP contribution in [-0.4, -0.2) is 20.3 Å². The molecule has 0 bridgehead atoms. The number of ether oxygens (including phenoxy) is 1. The van der Waals surface area contributed by atoms with Crippen LogP contribution in [0.2, 0.25) is 0 Å². The number of fused-ring (bicyclic) bond motifs is 8. The van der Waals surface area contributed by atoms with Crippen molar-refractivity contribution in [1.29, 1.82) is 0 Å². The van der Waals surface area contributed by atoms with Crippen molar-refractivity contribution >= 4 is 27.6 Å². The minimum Gasteiger partial charge on any atom is -0.503 e. The van der Waals surface area contributed by atoms with E-state index < -0.39 is 0 Å². The van der Waals surface area contributed by atoms with Gasteiger partial charge in [0.2, 0.25) is 0 Å². The molecule has 0 spiro atoms. The van der Waals surface area contributed by atoms with Crippen molar-refractivity contribution in [2.45, 2.75) is 104 Å². The molecule has 3 aliphatic rings. The van der Waals surface area contributed by atoms with Crippen molar-refractivity contribution in [3.8, 4) is 17.3 Å². The molecule has 0 saturated carbocycles. The van der Waals surface area contributed by atoms with Crippen molar-refractivity contribution in [2.24, 2.45) is 4.99 Å². The first kappa shape index (κ1) is 38.5. The van der Waals surface area contributed by atoms with E-state index in [2.05, 4.69) is 182 Å². The third-order valence-electron chi connectivity index (χ3n) is 12.8. The first-order chi connectivity index (χ1) is 27.1. The predicted molar refractivity (Wildman–Crippen MR) is 232 cm³/mol. The van der Waals surface area contributed by atoms with Crippen LogP contribution < -0.4 is 4.74 Å². The molecule has 58 heavy (non-hydrogen) atoms. The molecule has 0 aliphatic carbocycles. The Morgan fingerprint density at radius 1 is 0.776 bits per heavy atom. The maximum atomic E-state index is 6.99. The Balaban J connectivity index is 0.00000436. The smallest absolute Gasteiger partial charge is 0.503 e. The fraction of sp³-hybridized carbons (Fsp3) is 0.308. The van der Waals surface area contributed by atoms with Crippen LogP contribution in [0.3, 0.4) is 0 Å². The number of hydrogen-bond donors (Lipinski definition) is 0. The molecule has 7 aromatic rings. The summed E-state index contributed by atoms with van der Waals surface area (Å²) in [5.41, 5.74) is 14.0. The van der Waals surface area contributed by atoms with Crippen molar-refractivity contribution in [3.05, 3.63) is 165 Å². The quantitative estimate of drug-likeness (QED) is 0.165. The summed E-state index contributed by atoms with van der Waals surface area (Å²) in [6.45, 7) is 23.5. The largest absolute Gasteiger partial charge is 2.00 e. The molecule has 5 aromatic carbocycles. The van der Waals surface area contributed by atoms with Gasteiger partial charge in [0, 0.05) is 46.6 Å². The van der Waals surface area contributed by atoms with Gasteiger partial charge in [0.1, 0.15) is 5.82 Å². The Morgan fingerprint density at radius 2 is 1.48 bits per heavy atom. The maximum absolute atomic E-state index is 6.99. The van der Waals surface area contributed by atoms with Crippen LogP contribution in [-0.2, 0) is 43.9 Å². The maximum Gasteiger partial charge on any atom is 2.00 e. The molecule has 0 radical (unpaired) electrons. The van der Waals surface area contributed by atoms with Crippen molar-refractivity contribution in [1.82, 2.24) is 14.5 Å². The number of pyridine rings is 1. The molecule has 0 N–H and O–H groups in total. The summed E-state index contributed by atoms with van der Waals surface area (Å²) in [5.74, 6) is 3.28. The Morgan fingerprint density at radius 3 is 2.22 bits per heavy atom. The summed E-state index contributed by atoms with van der Waals surface area (Å²) >= 11 is 0. The van der Waals surface area contributed by atoms with Gasteiger partial charge in [-0.1, -0.05) is 147 Å². The number of nitrogens with zero attached hydrogens (tertiary/aromatic N) is 4. The standard InChI is InChI=1S/C52H50N4O.Pt/c1-30-20-21-53-49-44(30)52(9,10)41-27-36(51(6,7)8)26-40-39-22-31(2)43(28-42(39)56(49)46(40)41)57-37-24-34(23-35(25-37)50(3,4)5)48-54-45(32-16-12-11-13-17-32)47-38-19-15-14-18-33(38)29-55(47)48;/h11-23,25-27,45,47H,29H2,1-10H3;/q-2;+2/t45-,47+;/m1./s1. The predicted octanol–water partition coefficient (Wildman–Crippen LogP) is 12.5. The Kier molecular flexibility index (Phi) is 8.81. The molecule has 3 aliphatic heterocycles. The Bertz CT molecular complexity index is 2830. The number of aromatic nitrogens is 2. The third kappa shape index (κ3) is 5.82. The number of aryl methyl sites for hydroxylation is 2. The van der Waals surface area contributed by atoms with Crippen LogP contribution in [0.1, 0.15) is 123 Å². The molecule has 2 atom stereocenters. The van der Waals surface area contributed by atoms with E-state index in [-0.39, 0.29) is 49.4 Å². The Labute approximate surface area is 357 Å². The molecule has 294 valence electrons. The first-order valence-corrected chi connectivity index (χ1v) is 20.4. The average molecular weight is 942 g/mol. The summed E-state index contributed by atoms with van der Waals surface area (Å²) in [4.78, 5) is 13.1. The zero-order valence-electron chi connectivity index (χ0n) is 35.1. The second kappa shape index (κ2) is 13.3. The monoisotopic (exact) mass is 941 g/mol. The molecule has 10 rings (SSSR count). The van der Waals surface area contributed by atoms with Gasteiger partial charge in [-0.3, -0.25) is 0 Å². The van der Waals surface area contributed by atoms with Crippen LogP contribution in [0.5, 0.6) is 11.5 Å². The van der Waals surface area contributed by atoms with Crippen LogP contribution in [0.4, 0.5) is 0 Å². The van der Waals surface area contributed by atoms with Gasteiger partial charge < -0.3 is 19.2 Å². The van der Waals surface area contributed by atoms with Gasteiger partial charge in [-0.25, -0.2) is 4.98 Å². The number of benzene rings is 5. The number of amidine groups is 1. The zero-order valence-corrected chi connectivity index (χ0v) is 37.4. The van der Waals surface area contributed by atoms with E-state index in [1.165, 1.54) is 55.4 Å². The molecular weight excluding hydrogens is 892 g/mol. The average Bonchev–Trinajstić information content (AvgIpc) is 3.82. The number of aliphatic imine (C=N–C) groups is 1. The van der Waals surface area contributed by atoms with Gasteiger partial charge in [0.15, 0.2) is 0 Å². The second-order valence-electron chi connectivity index (χ2n) is 19.1. The molecule has 0 amide bonds. The molecule has 6 heteroatoms. The topological polar surface area (TPSA) is 42.6 Å². The molecule has 5 heterocycles. The molecular formula is C52H50N4OPt. The van der Waals surface area contributed by atoms with Gasteiger partial charge >= 0.3 is 21.1 Å². The molecule has 5 nitrogen and oxygen atoms in total. The summed E-state index contributed by atoms with van der Waals surface area (Å²) < 4.78 is 9.34. The number of rotatable bonds is 4. The van der Waals surface area contributed by atoms with Gasteiger partial charge in [0.05, 0.1) is 12.1 Å². The summed E-state index contributed by atoms with van der Waals surface area (Å²) in [6.07, 6.45) is 1.94. The van der Waals surface area contributed by atoms with Gasteiger partial charge in [-0.2, -0.15) is 6.07 Å². The fourth-order valence-corrected chi connectivity index (χ4v) is 9.68. The zero-order chi connectivity index (χ0) is 39.8. The van der Waals surface area contributed by atoms with E-state index >= 15 is 0 Å². The molecule has 0 fully saturated rings. The van der Waals surface area contributed by atoms with Crippen LogP contribution >= 0.6 is 0 Å². The van der Waals surface area contributed by atoms with Crippen molar-refractivity contribution in [3.63, 3.8) is 0 Å². The van der Waals surface area contributed by atoms with Gasteiger partial charge in [0.25, 0.3) is 0 Å². The molecule has 0 saturated heterocycles. The van der Waals surface area contributed by atoms with E-state index in [9.17, 15) is 0 Å². The first-order valence-electron chi connectivity index (χ1n) is 20.4. The van der Waals surface area contributed by atoms with E-state index in [4.69, 9.17) is 14.7 Å². The minimum absolute atomic E-state index is 0. The summed E-state index contributed by atoms with van der Waals surface area (Å²) in [6, 6.07) is 40.9. The minimum atomic E-state index is -0.233. The van der Waals surface area contributed by atoms with E-state index in [1.54, 1.807) is 0 Å². The molecule has 0 unspecified atom stereocenters. The van der Waals surface area contributed by atoms with Crippen LogP contribution in [0, 0.1) is 26.0 Å².